The van der Waals surface area contributed by atoms with Crippen LogP contribution in [0.15, 0.2) is 54.1 Å². The summed E-state index contributed by atoms with van der Waals surface area (Å²) < 4.78 is 38.3. The first-order valence-corrected chi connectivity index (χ1v) is 6.97. The topological polar surface area (TPSA) is 59.1 Å². The van der Waals surface area contributed by atoms with Crippen molar-refractivity contribution in [1.82, 2.24) is 4.98 Å². The van der Waals surface area contributed by atoms with Crippen molar-refractivity contribution in [2.75, 3.05) is 4.72 Å². The molecule has 0 radical (unpaired) electrons. The third-order valence-electron chi connectivity index (χ3n) is 2.21. The monoisotopic (exact) mass is 278 g/mol. The van der Waals surface area contributed by atoms with Gasteiger partial charge < -0.3 is 0 Å². The summed E-state index contributed by atoms with van der Waals surface area (Å²) >= 11 is 0. The van der Waals surface area contributed by atoms with E-state index in [9.17, 15) is 12.8 Å². The molecule has 0 aliphatic heterocycles. The summed E-state index contributed by atoms with van der Waals surface area (Å²) in [4.78, 5) is 3.62. The molecule has 0 amide bonds. The Morgan fingerprint density at radius 3 is 2.47 bits per heavy atom. The number of hydrogen-bond acceptors (Lipinski definition) is 3. The van der Waals surface area contributed by atoms with Gasteiger partial charge in [0.15, 0.2) is 0 Å². The molecule has 0 aliphatic carbocycles. The van der Waals surface area contributed by atoms with E-state index in [4.69, 9.17) is 0 Å². The molecule has 1 N–H and O–H groups in total. The fourth-order valence-corrected chi connectivity index (χ4v) is 2.16. The summed E-state index contributed by atoms with van der Waals surface area (Å²) in [6, 6.07) is 11.4. The summed E-state index contributed by atoms with van der Waals surface area (Å²) in [5, 5.41) is 1.04. The fraction of sp³-hybridized carbons (Fsp3) is 0. The van der Waals surface area contributed by atoms with Gasteiger partial charge in [-0.2, -0.15) is 0 Å². The van der Waals surface area contributed by atoms with Crippen LogP contribution in [-0.4, -0.2) is 13.4 Å². The molecule has 19 heavy (non-hydrogen) atoms. The summed E-state index contributed by atoms with van der Waals surface area (Å²) in [7, 11) is -3.66. The van der Waals surface area contributed by atoms with Gasteiger partial charge in [0.2, 0.25) is 0 Å². The zero-order chi connectivity index (χ0) is 13.7. The number of nitrogens with one attached hydrogen (secondary N) is 1. The van der Waals surface area contributed by atoms with Crippen LogP contribution in [-0.2, 0) is 10.0 Å². The number of hydrogen-bond donors (Lipinski definition) is 1. The predicted molar refractivity (Wildman–Crippen MR) is 72.2 cm³/mol. The Morgan fingerprint density at radius 2 is 1.84 bits per heavy atom. The highest BCUT2D eigenvalue weighted by molar-refractivity contribution is 7.95. The van der Waals surface area contributed by atoms with E-state index in [1.807, 2.05) is 6.07 Å². The first kappa shape index (κ1) is 13.2. The molecule has 0 aliphatic rings. The van der Waals surface area contributed by atoms with Crippen molar-refractivity contribution < 1.29 is 12.8 Å². The van der Waals surface area contributed by atoms with Gasteiger partial charge in [-0.15, -0.1) is 0 Å². The lowest BCUT2D eigenvalue weighted by Crippen LogP contribution is -2.10. The molecule has 1 aromatic carbocycles. The number of pyridine rings is 1. The van der Waals surface area contributed by atoms with E-state index in [0.29, 0.717) is 0 Å². The van der Waals surface area contributed by atoms with E-state index >= 15 is 0 Å². The quantitative estimate of drug-likeness (QED) is 0.935. The van der Waals surface area contributed by atoms with E-state index < -0.39 is 15.8 Å². The SMILES string of the molecule is O=S(=O)(C=Cc1ccccc1)Nc1ccc(F)cn1. The lowest BCUT2D eigenvalue weighted by atomic mass is 10.2. The maximum atomic E-state index is 12.6. The van der Waals surface area contributed by atoms with Crippen LogP contribution in [0, 0.1) is 5.82 Å². The largest absolute Gasteiger partial charge is 0.264 e. The summed E-state index contributed by atoms with van der Waals surface area (Å²) in [6.07, 6.45) is 2.41. The number of anilines is 1. The minimum atomic E-state index is -3.66. The van der Waals surface area contributed by atoms with Crippen LogP contribution in [0.25, 0.3) is 6.08 Å². The Balaban J connectivity index is 2.11. The average molecular weight is 278 g/mol. The molecule has 1 aromatic heterocycles. The Kier molecular flexibility index (Phi) is 3.91. The van der Waals surface area contributed by atoms with Gasteiger partial charge in [-0.1, -0.05) is 30.3 Å². The molecule has 0 saturated carbocycles. The van der Waals surface area contributed by atoms with Crippen molar-refractivity contribution in [2.24, 2.45) is 0 Å². The van der Waals surface area contributed by atoms with Crippen LogP contribution < -0.4 is 4.72 Å². The Labute approximate surface area is 110 Å². The van der Waals surface area contributed by atoms with Gasteiger partial charge in [0.1, 0.15) is 11.6 Å². The second-order valence-electron chi connectivity index (χ2n) is 3.72. The van der Waals surface area contributed by atoms with Gasteiger partial charge in [-0.25, -0.2) is 17.8 Å². The number of rotatable bonds is 4. The minimum Gasteiger partial charge on any atom is -0.264 e. The second-order valence-corrected chi connectivity index (χ2v) is 5.29. The number of nitrogens with zero attached hydrogens (tertiary/aromatic N) is 1. The highest BCUT2D eigenvalue weighted by Gasteiger charge is 2.06. The normalized spacial score (nSPS) is 11.6. The average Bonchev–Trinajstić information content (AvgIpc) is 2.40. The van der Waals surface area contributed by atoms with Gasteiger partial charge in [-0.05, 0) is 23.8 Å². The Bertz CT molecular complexity index is 668. The van der Waals surface area contributed by atoms with Gasteiger partial charge in [0.05, 0.1) is 11.6 Å². The number of aromatic nitrogens is 1. The molecule has 0 atom stereocenters. The van der Waals surface area contributed by atoms with Crippen LogP contribution in [0.5, 0.6) is 0 Å². The lowest BCUT2D eigenvalue weighted by molar-refractivity contribution is 0.608. The number of sulfonamides is 1. The van der Waals surface area contributed by atoms with E-state index in [1.165, 1.54) is 12.1 Å². The molecule has 6 heteroatoms. The van der Waals surface area contributed by atoms with Gasteiger partial charge in [0.25, 0.3) is 10.0 Å². The first-order chi connectivity index (χ1) is 9.05. The molecular formula is C13H11FN2O2S. The van der Waals surface area contributed by atoms with E-state index in [1.54, 1.807) is 24.3 Å². The summed E-state index contributed by atoms with van der Waals surface area (Å²) in [5.74, 6) is -0.457. The molecule has 0 spiro atoms. The highest BCUT2D eigenvalue weighted by atomic mass is 32.2. The van der Waals surface area contributed by atoms with Gasteiger partial charge in [-0.3, -0.25) is 4.72 Å². The van der Waals surface area contributed by atoms with Crippen molar-refractivity contribution >= 4 is 21.9 Å². The first-order valence-electron chi connectivity index (χ1n) is 5.43. The Hall–Kier alpha value is -2.21. The lowest BCUT2D eigenvalue weighted by Gasteiger charge is -2.02. The smallest absolute Gasteiger partial charge is 0.256 e. The fourth-order valence-electron chi connectivity index (χ4n) is 1.35. The van der Waals surface area contributed by atoms with Crippen molar-refractivity contribution in [2.45, 2.75) is 0 Å². The minimum absolute atomic E-state index is 0.0686. The van der Waals surface area contributed by atoms with Crippen LogP contribution in [0.4, 0.5) is 10.2 Å². The molecule has 1 heterocycles. The molecule has 2 rings (SSSR count). The number of halogens is 1. The van der Waals surface area contributed by atoms with Crippen LogP contribution >= 0.6 is 0 Å². The molecule has 2 aromatic rings. The molecule has 0 saturated heterocycles. The van der Waals surface area contributed by atoms with Crippen LogP contribution in [0.1, 0.15) is 5.56 Å². The summed E-state index contributed by atoms with van der Waals surface area (Å²) in [6.45, 7) is 0. The van der Waals surface area contributed by atoms with Crippen molar-refractivity contribution in [3.05, 3.63) is 65.5 Å². The standard InChI is InChI=1S/C13H11FN2O2S/c14-12-6-7-13(15-10-12)16-19(17,18)9-8-11-4-2-1-3-5-11/h1-10H,(H,15,16). The third kappa shape index (κ3) is 4.18. The highest BCUT2D eigenvalue weighted by Crippen LogP contribution is 2.08. The van der Waals surface area contributed by atoms with Gasteiger partial charge >= 0.3 is 0 Å². The molecule has 0 fully saturated rings. The van der Waals surface area contributed by atoms with Crippen molar-refractivity contribution in [3.8, 4) is 0 Å². The van der Waals surface area contributed by atoms with Crippen molar-refractivity contribution in [1.29, 1.82) is 0 Å². The maximum absolute atomic E-state index is 12.6. The second kappa shape index (κ2) is 5.62. The molecule has 0 bridgehead atoms. The zero-order valence-corrected chi connectivity index (χ0v) is 10.6. The molecule has 4 nitrogen and oxygen atoms in total. The molecule has 98 valence electrons. The van der Waals surface area contributed by atoms with E-state index in [2.05, 4.69) is 9.71 Å². The van der Waals surface area contributed by atoms with Crippen molar-refractivity contribution in [3.63, 3.8) is 0 Å². The predicted octanol–water partition coefficient (Wildman–Crippen LogP) is 2.63. The molecule has 0 unspecified atom stereocenters. The maximum Gasteiger partial charge on any atom is 0.256 e. The van der Waals surface area contributed by atoms with E-state index in [0.717, 1.165) is 23.2 Å². The molecular weight excluding hydrogens is 267 g/mol. The van der Waals surface area contributed by atoms with E-state index in [-0.39, 0.29) is 5.82 Å². The number of benzene rings is 1. The third-order valence-corrected chi connectivity index (χ3v) is 3.20. The zero-order valence-electron chi connectivity index (χ0n) is 9.82. The van der Waals surface area contributed by atoms with Gasteiger partial charge in [0, 0.05) is 0 Å². The van der Waals surface area contributed by atoms with Crippen LogP contribution in [0.2, 0.25) is 0 Å². The Morgan fingerprint density at radius 1 is 1.11 bits per heavy atom. The summed E-state index contributed by atoms with van der Waals surface area (Å²) in [5.41, 5.74) is 0.764. The van der Waals surface area contributed by atoms with Crippen LogP contribution in [0.3, 0.4) is 0 Å².